The van der Waals surface area contributed by atoms with Crippen LogP contribution in [0.15, 0.2) is 114 Å². The fourth-order valence-corrected chi connectivity index (χ4v) is 6.44. The van der Waals surface area contributed by atoms with Crippen LogP contribution in [0.25, 0.3) is 0 Å². The maximum Gasteiger partial charge on any atom is 0.264 e. The molecule has 0 radical (unpaired) electrons. The smallest absolute Gasteiger partial charge is 0.264 e. The first kappa shape index (κ1) is 33.1. The van der Waals surface area contributed by atoms with Gasteiger partial charge in [-0.25, -0.2) is 12.8 Å². The van der Waals surface area contributed by atoms with Crippen molar-refractivity contribution in [3.05, 3.63) is 130 Å². The molecule has 230 valence electrons. The highest BCUT2D eigenvalue weighted by atomic mass is 127. The normalized spacial score (nSPS) is 12.0. The number of carbonyl (C=O) groups excluding carboxylic acids is 2. The Morgan fingerprint density at radius 2 is 1.43 bits per heavy atom. The summed E-state index contributed by atoms with van der Waals surface area (Å²) in [5.74, 6) is -1.43. The van der Waals surface area contributed by atoms with Gasteiger partial charge < -0.3 is 10.2 Å². The van der Waals surface area contributed by atoms with Gasteiger partial charge in [0.2, 0.25) is 11.8 Å². The third-order valence-corrected chi connectivity index (χ3v) is 9.49. The molecule has 0 aliphatic heterocycles. The number of rotatable bonds is 13. The van der Waals surface area contributed by atoms with Crippen LogP contribution < -0.4 is 9.62 Å². The van der Waals surface area contributed by atoms with Crippen LogP contribution in [-0.4, -0.2) is 44.3 Å². The summed E-state index contributed by atoms with van der Waals surface area (Å²) in [7, 11) is -4.19. The summed E-state index contributed by atoms with van der Waals surface area (Å²) in [5.41, 5.74) is 1.30. The average Bonchev–Trinajstić information content (AvgIpc) is 3.02. The summed E-state index contributed by atoms with van der Waals surface area (Å²) in [5, 5.41) is 2.93. The van der Waals surface area contributed by atoms with E-state index in [4.69, 9.17) is 0 Å². The molecular weight excluding hydrogens is 692 g/mol. The first-order valence-electron chi connectivity index (χ1n) is 14.2. The highest BCUT2D eigenvalue weighted by Crippen LogP contribution is 2.26. The fraction of sp³-hybridized carbons (Fsp3) is 0.235. The van der Waals surface area contributed by atoms with Crippen LogP contribution in [0.3, 0.4) is 0 Å². The minimum atomic E-state index is -4.19. The van der Waals surface area contributed by atoms with E-state index in [0.29, 0.717) is 6.54 Å². The Bertz CT molecular complexity index is 1650. The minimum absolute atomic E-state index is 0.0162. The van der Waals surface area contributed by atoms with Crippen LogP contribution in [0.5, 0.6) is 0 Å². The zero-order valence-corrected chi connectivity index (χ0v) is 27.5. The third kappa shape index (κ3) is 8.66. The zero-order chi connectivity index (χ0) is 31.7. The molecule has 1 atom stereocenters. The molecule has 0 saturated heterocycles. The number of anilines is 1. The number of nitrogens with one attached hydrogen (secondary N) is 1. The zero-order valence-electron chi connectivity index (χ0n) is 24.6. The molecule has 4 aromatic rings. The maximum absolute atomic E-state index is 15.0. The number of amides is 2. The summed E-state index contributed by atoms with van der Waals surface area (Å²) >= 11 is 2.12. The first-order chi connectivity index (χ1) is 21.1. The van der Waals surface area contributed by atoms with Gasteiger partial charge in [0.1, 0.15) is 18.4 Å². The van der Waals surface area contributed by atoms with Gasteiger partial charge >= 0.3 is 0 Å². The molecule has 10 heteroatoms. The van der Waals surface area contributed by atoms with Crippen molar-refractivity contribution in [2.75, 3.05) is 17.4 Å². The Balaban J connectivity index is 1.79. The second-order valence-electron chi connectivity index (χ2n) is 10.8. The maximum atomic E-state index is 15.0. The molecular formula is C34H35FIN3O4S. The van der Waals surface area contributed by atoms with Gasteiger partial charge in [0, 0.05) is 28.6 Å². The standard InChI is InChI=1S/C34H35FIN3O4S/c1-25(2)22-37-34(41)32(21-26-11-5-3-6-12-26)38(23-27-13-9-10-16-31(27)35)33(40)24-39(29-19-17-28(36)18-20-29)44(42,43)30-14-7-4-8-15-30/h3-20,25,32H,21-24H2,1-2H3,(H,37,41). The lowest BCUT2D eigenvalue weighted by atomic mass is 10.0. The van der Waals surface area contributed by atoms with E-state index in [-0.39, 0.29) is 35.0 Å². The van der Waals surface area contributed by atoms with Gasteiger partial charge in [0.25, 0.3) is 10.0 Å². The molecule has 4 aromatic carbocycles. The highest BCUT2D eigenvalue weighted by Gasteiger charge is 2.35. The number of halogens is 2. The van der Waals surface area contributed by atoms with Gasteiger partial charge in [-0.15, -0.1) is 0 Å². The van der Waals surface area contributed by atoms with Gasteiger partial charge in [0.15, 0.2) is 0 Å². The molecule has 1 unspecified atom stereocenters. The highest BCUT2D eigenvalue weighted by molar-refractivity contribution is 14.1. The van der Waals surface area contributed by atoms with Crippen molar-refractivity contribution in [1.29, 1.82) is 0 Å². The molecule has 1 N–H and O–H groups in total. The van der Waals surface area contributed by atoms with E-state index in [2.05, 4.69) is 27.9 Å². The lowest BCUT2D eigenvalue weighted by molar-refractivity contribution is -0.140. The number of benzene rings is 4. The van der Waals surface area contributed by atoms with Gasteiger partial charge in [-0.05, 0) is 76.5 Å². The van der Waals surface area contributed by atoms with Crippen LogP contribution >= 0.6 is 22.6 Å². The van der Waals surface area contributed by atoms with Crippen LogP contribution in [0.1, 0.15) is 25.0 Å². The summed E-state index contributed by atoms with van der Waals surface area (Å²) in [6, 6.07) is 28.9. The molecule has 0 aliphatic carbocycles. The van der Waals surface area contributed by atoms with Crippen molar-refractivity contribution in [1.82, 2.24) is 10.2 Å². The van der Waals surface area contributed by atoms with E-state index in [1.165, 1.54) is 23.1 Å². The van der Waals surface area contributed by atoms with Crippen LogP contribution in [-0.2, 0) is 32.6 Å². The molecule has 0 aromatic heterocycles. The number of hydrogen-bond acceptors (Lipinski definition) is 4. The molecule has 44 heavy (non-hydrogen) atoms. The predicted molar refractivity (Wildman–Crippen MR) is 179 cm³/mol. The van der Waals surface area contributed by atoms with E-state index in [1.807, 2.05) is 44.2 Å². The quantitative estimate of drug-likeness (QED) is 0.170. The Labute approximate surface area is 272 Å². The SMILES string of the molecule is CC(C)CNC(=O)C(Cc1ccccc1)N(Cc1ccccc1F)C(=O)CN(c1ccc(I)cc1)S(=O)(=O)c1ccccc1. The Kier molecular flexibility index (Phi) is 11.5. The van der Waals surface area contributed by atoms with Gasteiger partial charge in [0.05, 0.1) is 10.6 Å². The minimum Gasteiger partial charge on any atom is -0.354 e. The second kappa shape index (κ2) is 15.3. The second-order valence-corrected chi connectivity index (χ2v) is 13.9. The van der Waals surface area contributed by atoms with Crippen molar-refractivity contribution in [2.45, 2.75) is 37.8 Å². The van der Waals surface area contributed by atoms with E-state index in [1.54, 1.807) is 60.7 Å². The third-order valence-electron chi connectivity index (χ3n) is 6.98. The Morgan fingerprint density at radius 3 is 2.05 bits per heavy atom. The number of sulfonamides is 1. The predicted octanol–water partition coefficient (Wildman–Crippen LogP) is 6.04. The monoisotopic (exact) mass is 727 g/mol. The summed E-state index contributed by atoms with van der Waals surface area (Å²) in [4.78, 5) is 29.4. The van der Waals surface area contributed by atoms with Gasteiger partial charge in [-0.1, -0.05) is 80.6 Å². The lowest BCUT2D eigenvalue weighted by Gasteiger charge is -2.34. The van der Waals surface area contributed by atoms with Crippen molar-refractivity contribution in [3.63, 3.8) is 0 Å². The summed E-state index contributed by atoms with van der Waals surface area (Å²) in [6.07, 6.45) is 0.153. The molecule has 0 spiro atoms. The fourth-order valence-electron chi connectivity index (χ4n) is 4.64. The van der Waals surface area contributed by atoms with Gasteiger partial charge in [-0.3, -0.25) is 13.9 Å². The molecule has 0 saturated carbocycles. The number of carbonyl (C=O) groups is 2. The van der Waals surface area contributed by atoms with Crippen molar-refractivity contribution < 1.29 is 22.4 Å². The van der Waals surface area contributed by atoms with E-state index < -0.39 is 40.2 Å². The summed E-state index contributed by atoms with van der Waals surface area (Å²) < 4.78 is 44.9. The average molecular weight is 728 g/mol. The number of hydrogen-bond donors (Lipinski definition) is 1. The topological polar surface area (TPSA) is 86.8 Å². The van der Waals surface area contributed by atoms with Crippen molar-refractivity contribution in [2.24, 2.45) is 5.92 Å². The lowest BCUT2D eigenvalue weighted by Crippen LogP contribution is -2.53. The molecule has 0 fully saturated rings. The van der Waals surface area contributed by atoms with Gasteiger partial charge in [-0.2, -0.15) is 0 Å². The van der Waals surface area contributed by atoms with E-state index >= 15 is 0 Å². The Morgan fingerprint density at radius 1 is 0.841 bits per heavy atom. The molecule has 0 heterocycles. The molecule has 7 nitrogen and oxygen atoms in total. The van der Waals surface area contributed by atoms with Crippen LogP contribution in [0.2, 0.25) is 0 Å². The molecule has 2 amide bonds. The van der Waals surface area contributed by atoms with Crippen molar-refractivity contribution in [3.8, 4) is 0 Å². The summed E-state index contributed by atoms with van der Waals surface area (Å²) in [6.45, 7) is 3.46. The molecule has 0 bridgehead atoms. The van der Waals surface area contributed by atoms with Crippen LogP contribution in [0, 0.1) is 15.3 Å². The first-order valence-corrected chi connectivity index (χ1v) is 16.8. The van der Waals surface area contributed by atoms with E-state index in [0.717, 1.165) is 13.4 Å². The van der Waals surface area contributed by atoms with Crippen molar-refractivity contribution >= 4 is 50.1 Å². The Hall–Kier alpha value is -3.77. The van der Waals surface area contributed by atoms with Crippen LogP contribution in [0.4, 0.5) is 10.1 Å². The van der Waals surface area contributed by atoms with E-state index in [9.17, 15) is 22.4 Å². The number of nitrogens with zero attached hydrogens (tertiary/aromatic N) is 2. The largest absolute Gasteiger partial charge is 0.354 e. The molecule has 0 aliphatic rings. The molecule has 4 rings (SSSR count).